The monoisotopic (exact) mass is 186 g/mol. The van der Waals surface area contributed by atoms with E-state index in [1.165, 1.54) is 0 Å². The molecule has 0 aromatic carbocycles. The molecular formula is C9H18N2O2. The number of nitrogens with one attached hydrogen (secondary N) is 1. The quantitative estimate of drug-likeness (QED) is 0.629. The topological polar surface area (TPSA) is 52.6 Å². The molecular weight excluding hydrogens is 168 g/mol. The van der Waals surface area contributed by atoms with E-state index < -0.39 is 0 Å². The van der Waals surface area contributed by atoms with E-state index in [2.05, 4.69) is 5.32 Å². The molecule has 2 atom stereocenters. The Morgan fingerprint density at radius 2 is 2.38 bits per heavy atom. The minimum Gasteiger partial charge on any atom is -0.396 e. The third-order valence-electron chi connectivity index (χ3n) is 2.53. The van der Waals surface area contributed by atoms with E-state index in [0.29, 0.717) is 6.42 Å². The lowest BCUT2D eigenvalue weighted by molar-refractivity contribution is -0.138. The molecule has 0 bridgehead atoms. The highest BCUT2D eigenvalue weighted by Crippen LogP contribution is 2.09. The van der Waals surface area contributed by atoms with Gasteiger partial charge in [-0.15, -0.1) is 0 Å². The molecule has 0 aromatic heterocycles. The maximum Gasteiger partial charge on any atom is 0.240 e. The molecule has 1 aliphatic rings. The summed E-state index contributed by atoms with van der Waals surface area (Å²) in [5.41, 5.74) is 0. The number of hydrogen-bond donors (Lipinski definition) is 2. The molecule has 13 heavy (non-hydrogen) atoms. The van der Waals surface area contributed by atoms with Crippen molar-refractivity contribution in [3.05, 3.63) is 0 Å². The zero-order valence-electron chi connectivity index (χ0n) is 8.29. The van der Waals surface area contributed by atoms with Crippen LogP contribution in [0.2, 0.25) is 0 Å². The third kappa shape index (κ3) is 2.19. The summed E-state index contributed by atoms with van der Waals surface area (Å²) in [7, 11) is 0. The number of nitrogens with zero attached hydrogens (tertiary/aromatic N) is 1. The van der Waals surface area contributed by atoms with Crippen molar-refractivity contribution >= 4 is 5.91 Å². The van der Waals surface area contributed by atoms with Crippen molar-refractivity contribution < 1.29 is 9.90 Å². The highest BCUT2D eigenvalue weighted by atomic mass is 16.3. The first-order valence-corrected chi connectivity index (χ1v) is 4.85. The van der Waals surface area contributed by atoms with Gasteiger partial charge in [-0.3, -0.25) is 4.79 Å². The molecule has 4 heteroatoms. The van der Waals surface area contributed by atoms with Crippen LogP contribution < -0.4 is 5.32 Å². The number of amides is 1. The minimum atomic E-state index is -0.179. The number of hydrogen-bond acceptors (Lipinski definition) is 3. The van der Waals surface area contributed by atoms with Crippen LogP contribution >= 0.6 is 0 Å². The number of aliphatic hydroxyl groups excluding tert-OH is 1. The average molecular weight is 186 g/mol. The van der Waals surface area contributed by atoms with Gasteiger partial charge in [-0.1, -0.05) is 0 Å². The maximum absolute atomic E-state index is 11.7. The van der Waals surface area contributed by atoms with Crippen LogP contribution in [0.4, 0.5) is 0 Å². The lowest BCUT2D eigenvalue weighted by atomic mass is 10.1. The van der Waals surface area contributed by atoms with Gasteiger partial charge in [0.05, 0.1) is 6.04 Å². The van der Waals surface area contributed by atoms with Crippen LogP contribution in [0.5, 0.6) is 0 Å². The van der Waals surface area contributed by atoms with E-state index in [0.717, 1.165) is 13.1 Å². The van der Waals surface area contributed by atoms with Gasteiger partial charge < -0.3 is 15.3 Å². The number of piperazine rings is 1. The lowest BCUT2D eigenvalue weighted by Crippen LogP contribution is -2.59. The highest BCUT2D eigenvalue weighted by molar-refractivity contribution is 5.83. The van der Waals surface area contributed by atoms with Gasteiger partial charge in [0.1, 0.15) is 0 Å². The van der Waals surface area contributed by atoms with Gasteiger partial charge in [0.25, 0.3) is 0 Å². The van der Waals surface area contributed by atoms with Crippen molar-refractivity contribution in [2.75, 3.05) is 19.7 Å². The summed E-state index contributed by atoms with van der Waals surface area (Å²) < 4.78 is 0. The molecule has 0 aromatic rings. The second-order valence-electron chi connectivity index (χ2n) is 3.45. The van der Waals surface area contributed by atoms with E-state index >= 15 is 0 Å². The Morgan fingerprint density at radius 1 is 1.69 bits per heavy atom. The summed E-state index contributed by atoms with van der Waals surface area (Å²) in [6.45, 7) is 5.66. The molecule has 1 aliphatic heterocycles. The molecule has 1 heterocycles. The number of carbonyl (C=O) groups excluding carboxylic acids is 1. The Balaban J connectivity index is 2.58. The largest absolute Gasteiger partial charge is 0.396 e. The standard InChI is InChI=1S/C9H18N2O2/c1-3-11-7(2)6-10-8(4-5-12)9(11)13/h7-8,10,12H,3-6H2,1-2H3. The number of likely N-dealkylation sites (N-methyl/N-ethyl adjacent to an activating group) is 1. The highest BCUT2D eigenvalue weighted by Gasteiger charge is 2.30. The molecule has 2 unspecified atom stereocenters. The van der Waals surface area contributed by atoms with Crippen molar-refractivity contribution in [2.45, 2.75) is 32.4 Å². The van der Waals surface area contributed by atoms with Crippen molar-refractivity contribution in [2.24, 2.45) is 0 Å². The molecule has 4 nitrogen and oxygen atoms in total. The van der Waals surface area contributed by atoms with Gasteiger partial charge in [-0.2, -0.15) is 0 Å². The lowest BCUT2D eigenvalue weighted by Gasteiger charge is -2.37. The fourth-order valence-corrected chi connectivity index (χ4v) is 1.75. The van der Waals surface area contributed by atoms with E-state index in [1.807, 2.05) is 18.7 Å². The van der Waals surface area contributed by atoms with Crippen LogP contribution in [0.1, 0.15) is 20.3 Å². The summed E-state index contributed by atoms with van der Waals surface area (Å²) in [6, 6.07) is 0.0913. The van der Waals surface area contributed by atoms with Crippen LogP contribution in [0.3, 0.4) is 0 Å². The fourth-order valence-electron chi connectivity index (χ4n) is 1.75. The molecule has 0 radical (unpaired) electrons. The molecule has 76 valence electrons. The summed E-state index contributed by atoms with van der Waals surface area (Å²) >= 11 is 0. The molecule has 1 rings (SSSR count). The third-order valence-corrected chi connectivity index (χ3v) is 2.53. The predicted molar refractivity (Wildman–Crippen MR) is 50.3 cm³/mol. The Labute approximate surface area is 78.9 Å². The van der Waals surface area contributed by atoms with Crippen LogP contribution in [-0.4, -0.2) is 47.7 Å². The van der Waals surface area contributed by atoms with Crippen molar-refractivity contribution in [3.63, 3.8) is 0 Å². The normalized spacial score (nSPS) is 29.5. The number of aliphatic hydroxyl groups is 1. The minimum absolute atomic E-state index is 0.0648. The molecule has 0 spiro atoms. The van der Waals surface area contributed by atoms with Crippen molar-refractivity contribution in [1.29, 1.82) is 0 Å². The predicted octanol–water partition coefficient (Wildman–Crippen LogP) is -0.422. The van der Waals surface area contributed by atoms with Gasteiger partial charge in [0, 0.05) is 25.7 Å². The molecule has 1 saturated heterocycles. The number of carbonyl (C=O) groups is 1. The fraction of sp³-hybridized carbons (Fsp3) is 0.889. The zero-order chi connectivity index (χ0) is 9.84. The first kappa shape index (κ1) is 10.5. The van der Waals surface area contributed by atoms with Gasteiger partial charge in [-0.25, -0.2) is 0 Å². The van der Waals surface area contributed by atoms with Crippen molar-refractivity contribution in [1.82, 2.24) is 10.2 Å². The zero-order valence-corrected chi connectivity index (χ0v) is 8.29. The van der Waals surface area contributed by atoms with Crippen LogP contribution in [-0.2, 0) is 4.79 Å². The second-order valence-corrected chi connectivity index (χ2v) is 3.45. The molecule has 2 N–H and O–H groups in total. The van der Waals surface area contributed by atoms with E-state index in [4.69, 9.17) is 5.11 Å². The van der Waals surface area contributed by atoms with E-state index in [9.17, 15) is 4.79 Å². The van der Waals surface area contributed by atoms with Gasteiger partial charge in [-0.05, 0) is 20.3 Å². The van der Waals surface area contributed by atoms with Crippen LogP contribution in [0.25, 0.3) is 0 Å². The van der Waals surface area contributed by atoms with E-state index in [1.54, 1.807) is 0 Å². The molecule has 1 amide bonds. The smallest absolute Gasteiger partial charge is 0.240 e. The second kappa shape index (κ2) is 4.58. The Morgan fingerprint density at radius 3 is 2.92 bits per heavy atom. The van der Waals surface area contributed by atoms with Crippen LogP contribution in [0.15, 0.2) is 0 Å². The van der Waals surface area contributed by atoms with Crippen molar-refractivity contribution in [3.8, 4) is 0 Å². The molecule has 0 saturated carbocycles. The Kier molecular flexibility index (Phi) is 3.69. The van der Waals surface area contributed by atoms with Gasteiger partial charge in [0.15, 0.2) is 0 Å². The van der Waals surface area contributed by atoms with E-state index in [-0.39, 0.29) is 24.6 Å². The maximum atomic E-state index is 11.7. The molecule has 1 fully saturated rings. The Hall–Kier alpha value is -0.610. The Bertz CT molecular complexity index is 184. The SMILES string of the molecule is CCN1C(=O)C(CCO)NCC1C. The summed E-state index contributed by atoms with van der Waals surface area (Å²) in [5, 5.41) is 11.9. The van der Waals surface area contributed by atoms with Gasteiger partial charge in [0.2, 0.25) is 5.91 Å². The summed E-state index contributed by atoms with van der Waals surface area (Å²) in [4.78, 5) is 13.6. The summed E-state index contributed by atoms with van der Waals surface area (Å²) in [5.74, 6) is 0.121. The average Bonchev–Trinajstić information content (AvgIpc) is 2.11. The first-order valence-electron chi connectivity index (χ1n) is 4.85. The molecule has 0 aliphatic carbocycles. The van der Waals surface area contributed by atoms with Gasteiger partial charge >= 0.3 is 0 Å². The summed E-state index contributed by atoms with van der Waals surface area (Å²) in [6.07, 6.45) is 0.516. The van der Waals surface area contributed by atoms with Crippen LogP contribution in [0, 0.1) is 0 Å². The first-order chi connectivity index (χ1) is 6.20. The number of rotatable bonds is 3.